The highest BCUT2D eigenvalue weighted by molar-refractivity contribution is 5.59. The average molecular weight is 273 g/mol. The van der Waals surface area contributed by atoms with E-state index in [1.54, 1.807) is 0 Å². The fourth-order valence-electron chi connectivity index (χ4n) is 2.98. The van der Waals surface area contributed by atoms with Crippen LogP contribution in [0.3, 0.4) is 0 Å². The molecule has 0 radical (unpaired) electrons. The van der Waals surface area contributed by atoms with Crippen LogP contribution in [0.1, 0.15) is 31.2 Å². The van der Waals surface area contributed by atoms with Crippen LogP contribution in [-0.2, 0) is 0 Å². The molecule has 5 nitrogen and oxygen atoms in total. The molecule has 0 aliphatic carbocycles. The van der Waals surface area contributed by atoms with Gasteiger partial charge in [-0.1, -0.05) is 5.22 Å². The first-order valence-electron chi connectivity index (χ1n) is 7.60. The molecule has 0 saturated carbocycles. The van der Waals surface area contributed by atoms with Crippen molar-refractivity contribution in [2.45, 2.75) is 32.6 Å². The Morgan fingerprint density at radius 2 is 1.70 bits per heavy atom. The van der Waals surface area contributed by atoms with Crippen LogP contribution in [-0.4, -0.2) is 31.2 Å². The van der Waals surface area contributed by atoms with E-state index in [0.717, 1.165) is 18.8 Å². The Labute approximate surface area is 120 Å². The van der Waals surface area contributed by atoms with E-state index >= 15 is 0 Å². The molecule has 0 atom stereocenters. The second-order valence-electron chi connectivity index (χ2n) is 5.66. The summed E-state index contributed by atoms with van der Waals surface area (Å²) >= 11 is 0. The lowest BCUT2D eigenvalue weighted by Crippen LogP contribution is -2.30. The number of hydrazine groups is 1. The van der Waals surface area contributed by atoms with Crippen molar-refractivity contribution in [1.29, 1.82) is 0 Å². The van der Waals surface area contributed by atoms with Gasteiger partial charge in [-0.15, -0.1) is 5.11 Å². The number of nitrogens with zero attached hydrogens (tertiary/aromatic N) is 4. The van der Waals surface area contributed by atoms with E-state index < -0.39 is 0 Å². The van der Waals surface area contributed by atoms with Crippen LogP contribution in [0.25, 0.3) is 0 Å². The molecule has 0 spiro atoms. The van der Waals surface area contributed by atoms with E-state index in [2.05, 4.69) is 50.9 Å². The molecular weight excluding hydrogens is 250 g/mol. The Balaban J connectivity index is 1.62. The minimum atomic E-state index is 0.914. The molecule has 2 fully saturated rings. The SMILES string of the molecule is Cc1cc(N=NNN2CCCC2)ccc1N1CCCC1. The van der Waals surface area contributed by atoms with Gasteiger partial charge in [0.25, 0.3) is 0 Å². The Hall–Kier alpha value is -1.62. The van der Waals surface area contributed by atoms with Crippen molar-refractivity contribution in [3.8, 4) is 0 Å². The summed E-state index contributed by atoms with van der Waals surface area (Å²) in [5.74, 6) is 0. The Morgan fingerprint density at radius 1 is 1.00 bits per heavy atom. The number of rotatable bonds is 4. The number of hydrogen-bond donors (Lipinski definition) is 1. The largest absolute Gasteiger partial charge is 0.371 e. The fraction of sp³-hybridized carbons (Fsp3) is 0.600. The van der Waals surface area contributed by atoms with Crippen LogP contribution >= 0.6 is 0 Å². The molecule has 1 aromatic carbocycles. The zero-order valence-electron chi connectivity index (χ0n) is 12.2. The van der Waals surface area contributed by atoms with Gasteiger partial charge in [-0.3, -0.25) is 0 Å². The predicted molar refractivity (Wildman–Crippen MR) is 81.1 cm³/mol. The first-order valence-corrected chi connectivity index (χ1v) is 7.60. The monoisotopic (exact) mass is 273 g/mol. The third-order valence-corrected chi connectivity index (χ3v) is 4.08. The van der Waals surface area contributed by atoms with E-state index in [1.807, 2.05) is 0 Å². The first kappa shape index (κ1) is 13.4. The number of nitrogens with one attached hydrogen (secondary N) is 1. The molecule has 2 aliphatic rings. The summed E-state index contributed by atoms with van der Waals surface area (Å²) in [5.41, 5.74) is 6.54. The third kappa shape index (κ3) is 3.10. The van der Waals surface area contributed by atoms with Gasteiger partial charge < -0.3 is 4.90 Å². The summed E-state index contributed by atoms with van der Waals surface area (Å²) in [6.07, 6.45) is 5.10. The maximum absolute atomic E-state index is 4.25. The molecule has 20 heavy (non-hydrogen) atoms. The lowest BCUT2D eigenvalue weighted by atomic mass is 10.1. The van der Waals surface area contributed by atoms with Crippen LogP contribution in [0.5, 0.6) is 0 Å². The molecule has 2 heterocycles. The van der Waals surface area contributed by atoms with Crippen molar-refractivity contribution < 1.29 is 0 Å². The maximum atomic E-state index is 4.25. The Bertz CT molecular complexity index is 473. The smallest absolute Gasteiger partial charge is 0.0878 e. The van der Waals surface area contributed by atoms with E-state index in [4.69, 9.17) is 0 Å². The van der Waals surface area contributed by atoms with Crippen LogP contribution in [0.4, 0.5) is 11.4 Å². The molecule has 108 valence electrons. The van der Waals surface area contributed by atoms with Gasteiger partial charge in [0, 0.05) is 31.9 Å². The first-order chi connectivity index (χ1) is 9.83. The van der Waals surface area contributed by atoms with Crippen molar-refractivity contribution in [1.82, 2.24) is 10.5 Å². The Kier molecular flexibility index (Phi) is 4.16. The average Bonchev–Trinajstić information content (AvgIpc) is 3.11. The second-order valence-corrected chi connectivity index (χ2v) is 5.66. The number of aryl methyl sites for hydroxylation is 1. The van der Waals surface area contributed by atoms with Gasteiger partial charge in [0.05, 0.1) is 5.69 Å². The number of hydrogen-bond acceptors (Lipinski definition) is 4. The van der Waals surface area contributed by atoms with Crippen LogP contribution in [0.15, 0.2) is 28.5 Å². The molecule has 3 rings (SSSR count). The molecule has 0 aromatic heterocycles. The quantitative estimate of drug-likeness (QED) is 0.676. The van der Waals surface area contributed by atoms with Crippen molar-refractivity contribution in [3.05, 3.63) is 23.8 Å². The van der Waals surface area contributed by atoms with E-state index in [0.29, 0.717) is 0 Å². The van der Waals surface area contributed by atoms with Crippen molar-refractivity contribution >= 4 is 11.4 Å². The molecule has 2 saturated heterocycles. The van der Waals surface area contributed by atoms with Crippen molar-refractivity contribution in [3.63, 3.8) is 0 Å². The van der Waals surface area contributed by atoms with E-state index in [1.165, 1.54) is 50.0 Å². The van der Waals surface area contributed by atoms with Gasteiger partial charge >= 0.3 is 0 Å². The topological polar surface area (TPSA) is 43.2 Å². The lowest BCUT2D eigenvalue weighted by molar-refractivity contribution is 0.234. The van der Waals surface area contributed by atoms with Gasteiger partial charge in [-0.05, 0) is 56.4 Å². The predicted octanol–water partition coefficient (Wildman–Crippen LogP) is 3.19. The van der Waals surface area contributed by atoms with Crippen LogP contribution in [0.2, 0.25) is 0 Å². The highest BCUT2D eigenvalue weighted by Crippen LogP contribution is 2.27. The molecule has 0 unspecified atom stereocenters. The third-order valence-electron chi connectivity index (χ3n) is 4.08. The zero-order valence-corrected chi connectivity index (χ0v) is 12.2. The molecular formula is C15H23N5. The molecule has 2 aliphatic heterocycles. The van der Waals surface area contributed by atoms with Crippen molar-refractivity contribution in [2.24, 2.45) is 10.3 Å². The maximum Gasteiger partial charge on any atom is 0.0878 e. The number of benzene rings is 1. The normalized spacial score (nSPS) is 20.1. The van der Waals surface area contributed by atoms with Crippen molar-refractivity contribution in [2.75, 3.05) is 31.1 Å². The summed E-state index contributed by atoms with van der Waals surface area (Å²) < 4.78 is 0. The molecule has 1 aromatic rings. The van der Waals surface area contributed by atoms with Gasteiger partial charge in [0.1, 0.15) is 0 Å². The standard InChI is InChI=1S/C15H23N5/c1-13-12-14(16-17-18-20-10-4-5-11-20)6-7-15(13)19-8-2-3-9-19/h6-7,12H,2-5,8-11H2,1H3,(H,16,18). The summed E-state index contributed by atoms with van der Waals surface area (Å²) in [5, 5.41) is 10.4. The van der Waals surface area contributed by atoms with E-state index in [-0.39, 0.29) is 0 Å². The van der Waals surface area contributed by atoms with Crippen LogP contribution in [0, 0.1) is 6.92 Å². The molecule has 1 N–H and O–H groups in total. The molecule has 0 bridgehead atoms. The zero-order chi connectivity index (χ0) is 13.8. The minimum Gasteiger partial charge on any atom is -0.371 e. The van der Waals surface area contributed by atoms with Gasteiger partial charge in [-0.25, -0.2) is 10.5 Å². The minimum absolute atomic E-state index is 0.914. The fourth-order valence-corrected chi connectivity index (χ4v) is 2.98. The number of anilines is 1. The van der Waals surface area contributed by atoms with Gasteiger partial charge in [0.15, 0.2) is 0 Å². The second kappa shape index (κ2) is 6.22. The van der Waals surface area contributed by atoms with E-state index in [9.17, 15) is 0 Å². The molecule has 5 heteroatoms. The lowest BCUT2D eigenvalue weighted by Gasteiger charge is -2.20. The van der Waals surface area contributed by atoms with Gasteiger partial charge in [0.2, 0.25) is 0 Å². The summed E-state index contributed by atoms with van der Waals surface area (Å²) in [6, 6.07) is 6.34. The van der Waals surface area contributed by atoms with Crippen LogP contribution < -0.4 is 10.4 Å². The Morgan fingerprint density at radius 3 is 2.40 bits per heavy atom. The summed E-state index contributed by atoms with van der Waals surface area (Å²) in [6.45, 7) is 6.63. The highest BCUT2D eigenvalue weighted by Gasteiger charge is 2.14. The molecule has 0 amide bonds. The summed E-state index contributed by atoms with van der Waals surface area (Å²) in [4.78, 5) is 2.46. The highest BCUT2D eigenvalue weighted by atomic mass is 15.7. The van der Waals surface area contributed by atoms with Gasteiger partial charge in [-0.2, -0.15) is 0 Å². The summed E-state index contributed by atoms with van der Waals surface area (Å²) in [7, 11) is 0.